The summed E-state index contributed by atoms with van der Waals surface area (Å²) >= 11 is 0. The molecule has 21 heavy (non-hydrogen) atoms. The summed E-state index contributed by atoms with van der Waals surface area (Å²) in [5.41, 5.74) is 1.27. The number of nitrogens with one attached hydrogen (secondary N) is 1. The number of nitrogens with zero attached hydrogens (tertiary/aromatic N) is 1. The number of aromatic amines is 1. The van der Waals surface area contributed by atoms with Gasteiger partial charge >= 0.3 is 6.09 Å². The molecule has 0 spiro atoms. The molecule has 2 heterocycles. The van der Waals surface area contributed by atoms with Crippen LogP contribution in [0.1, 0.15) is 12.0 Å². The van der Waals surface area contributed by atoms with E-state index in [4.69, 9.17) is 5.11 Å². The van der Waals surface area contributed by atoms with Crippen LogP contribution in [0.4, 0.5) is 18.0 Å². The molecule has 3 rings (SSSR count). The van der Waals surface area contributed by atoms with Crippen LogP contribution in [-0.2, 0) is 6.42 Å². The fourth-order valence-corrected chi connectivity index (χ4v) is 2.89. The summed E-state index contributed by atoms with van der Waals surface area (Å²) in [6.07, 6.45) is -0.0514. The van der Waals surface area contributed by atoms with Gasteiger partial charge in [0.25, 0.3) is 5.92 Å². The molecule has 1 aromatic carbocycles. The van der Waals surface area contributed by atoms with Crippen molar-refractivity contribution in [2.45, 2.75) is 24.8 Å². The van der Waals surface area contributed by atoms with Crippen LogP contribution in [0, 0.1) is 5.82 Å². The van der Waals surface area contributed by atoms with Gasteiger partial charge in [0.1, 0.15) is 5.82 Å². The Morgan fingerprint density at radius 2 is 2.24 bits per heavy atom. The van der Waals surface area contributed by atoms with Crippen LogP contribution in [-0.4, -0.2) is 39.6 Å². The first-order valence-electron chi connectivity index (χ1n) is 6.49. The van der Waals surface area contributed by atoms with Crippen molar-refractivity contribution in [3.63, 3.8) is 0 Å². The van der Waals surface area contributed by atoms with Crippen molar-refractivity contribution in [1.82, 2.24) is 9.88 Å². The van der Waals surface area contributed by atoms with Gasteiger partial charge in [-0.3, -0.25) is 4.90 Å². The number of rotatable bonds is 2. The van der Waals surface area contributed by atoms with Crippen molar-refractivity contribution >= 4 is 17.0 Å². The average molecular weight is 298 g/mol. The largest absolute Gasteiger partial charge is 0.465 e. The Morgan fingerprint density at radius 1 is 1.48 bits per heavy atom. The highest BCUT2D eigenvalue weighted by Crippen LogP contribution is 2.34. The lowest BCUT2D eigenvalue weighted by atomic mass is 10.0. The summed E-state index contributed by atoms with van der Waals surface area (Å²) < 4.78 is 40.0. The van der Waals surface area contributed by atoms with E-state index in [0.29, 0.717) is 11.1 Å². The smallest absolute Gasteiger partial charge is 0.407 e. The predicted octanol–water partition coefficient (Wildman–Crippen LogP) is 3.24. The normalized spacial score (nSPS) is 21.1. The van der Waals surface area contributed by atoms with Gasteiger partial charge in [-0.25, -0.2) is 18.0 Å². The van der Waals surface area contributed by atoms with Crippen LogP contribution in [0.15, 0.2) is 24.4 Å². The van der Waals surface area contributed by atoms with E-state index >= 15 is 0 Å². The number of carboxylic acid groups (broad SMARTS) is 1. The van der Waals surface area contributed by atoms with Gasteiger partial charge in [-0.05, 0) is 30.2 Å². The number of fused-ring (bicyclic) bond motifs is 1. The Labute approximate surface area is 118 Å². The third-order valence-electron chi connectivity index (χ3n) is 3.81. The van der Waals surface area contributed by atoms with Gasteiger partial charge in [-0.15, -0.1) is 0 Å². The van der Waals surface area contributed by atoms with Crippen LogP contribution in [0.2, 0.25) is 0 Å². The molecule has 2 aromatic rings. The molecule has 112 valence electrons. The highest BCUT2D eigenvalue weighted by atomic mass is 19.3. The molecule has 1 unspecified atom stereocenters. The van der Waals surface area contributed by atoms with E-state index < -0.39 is 36.8 Å². The summed E-state index contributed by atoms with van der Waals surface area (Å²) in [4.78, 5) is 14.7. The quantitative estimate of drug-likeness (QED) is 0.894. The molecule has 4 nitrogen and oxygen atoms in total. The highest BCUT2D eigenvalue weighted by molar-refractivity contribution is 5.83. The predicted molar refractivity (Wildman–Crippen MR) is 70.0 cm³/mol. The topological polar surface area (TPSA) is 56.3 Å². The molecular formula is C14H13F3N2O2. The van der Waals surface area contributed by atoms with Crippen molar-refractivity contribution in [1.29, 1.82) is 0 Å². The van der Waals surface area contributed by atoms with E-state index in [2.05, 4.69) is 4.98 Å². The Kier molecular flexibility index (Phi) is 3.07. The molecule has 1 fully saturated rings. The van der Waals surface area contributed by atoms with Gasteiger partial charge in [-0.1, -0.05) is 0 Å². The minimum absolute atomic E-state index is 0.174. The Hall–Kier alpha value is -2.18. The van der Waals surface area contributed by atoms with Crippen molar-refractivity contribution in [3.05, 3.63) is 35.8 Å². The second-order valence-electron chi connectivity index (χ2n) is 5.33. The zero-order valence-corrected chi connectivity index (χ0v) is 10.9. The summed E-state index contributed by atoms with van der Waals surface area (Å²) in [6.45, 7) is -0.774. The first-order chi connectivity index (χ1) is 9.85. The van der Waals surface area contributed by atoms with E-state index in [9.17, 15) is 18.0 Å². The van der Waals surface area contributed by atoms with Crippen LogP contribution in [0.5, 0.6) is 0 Å². The lowest BCUT2D eigenvalue weighted by Gasteiger charge is -2.20. The Balaban J connectivity index is 1.89. The summed E-state index contributed by atoms with van der Waals surface area (Å²) in [6, 6.07) is 3.39. The maximum absolute atomic E-state index is 13.4. The number of aromatic nitrogens is 1. The SMILES string of the molecule is O=C(O)N1CC(F)(F)CC1Cc1c[nH]c2cc(F)ccc12. The average Bonchev–Trinajstić information content (AvgIpc) is 2.90. The molecule has 1 atom stereocenters. The van der Waals surface area contributed by atoms with Crippen LogP contribution >= 0.6 is 0 Å². The van der Waals surface area contributed by atoms with Gasteiger partial charge in [0.15, 0.2) is 0 Å². The second-order valence-corrected chi connectivity index (χ2v) is 5.33. The van der Waals surface area contributed by atoms with E-state index in [1.54, 1.807) is 12.3 Å². The fraction of sp³-hybridized carbons (Fsp3) is 0.357. The third-order valence-corrected chi connectivity index (χ3v) is 3.81. The minimum Gasteiger partial charge on any atom is -0.465 e. The zero-order valence-electron chi connectivity index (χ0n) is 10.9. The summed E-state index contributed by atoms with van der Waals surface area (Å²) in [5, 5.41) is 9.75. The molecule has 1 aromatic heterocycles. The number of likely N-dealkylation sites (tertiary alicyclic amines) is 1. The van der Waals surface area contributed by atoms with E-state index in [1.807, 2.05) is 0 Å². The number of amides is 1. The first-order valence-corrected chi connectivity index (χ1v) is 6.49. The van der Waals surface area contributed by atoms with Gasteiger partial charge in [0, 0.05) is 29.6 Å². The highest BCUT2D eigenvalue weighted by Gasteiger charge is 2.47. The number of carbonyl (C=O) groups is 1. The van der Waals surface area contributed by atoms with E-state index in [1.165, 1.54) is 12.1 Å². The minimum atomic E-state index is -3.00. The first kappa shape index (κ1) is 13.8. The summed E-state index contributed by atoms with van der Waals surface area (Å²) in [5.74, 6) is -3.39. The van der Waals surface area contributed by atoms with Crippen molar-refractivity contribution in [2.75, 3.05) is 6.54 Å². The van der Waals surface area contributed by atoms with E-state index in [-0.39, 0.29) is 6.42 Å². The van der Waals surface area contributed by atoms with Crippen molar-refractivity contribution in [2.24, 2.45) is 0 Å². The van der Waals surface area contributed by atoms with Gasteiger partial charge < -0.3 is 10.1 Å². The summed E-state index contributed by atoms with van der Waals surface area (Å²) in [7, 11) is 0. The number of alkyl halides is 2. The maximum atomic E-state index is 13.4. The molecule has 0 radical (unpaired) electrons. The molecule has 1 amide bonds. The molecule has 0 bridgehead atoms. The number of benzene rings is 1. The molecule has 1 aliphatic heterocycles. The molecule has 7 heteroatoms. The fourth-order valence-electron chi connectivity index (χ4n) is 2.89. The van der Waals surface area contributed by atoms with Crippen LogP contribution in [0.25, 0.3) is 10.9 Å². The van der Waals surface area contributed by atoms with Crippen molar-refractivity contribution < 1.29 is 23.1 Å². The van der Waals surface area contributed by atoms with Gasteiger partial charge in [0.2, 0.25) is 0 Å². The van der Waals surface area contributed by atoms with Gasteiger partial charge in [-0.2, -0.15) is 0 Å². The monoisotopic (exact) mass is 298 g/mol. The van der Waals surface area contributed by atoms with Crippen LogP contribution < -0.4 is 0 Å². The molecule has 0 aliphatic carbocycles. The maximum Gasteiger partial charge on any atom is 0.407 e. The molecular weight excluding hydrogens is 285 g/mol. The number of H-pyrrole nitrogens is 1. The lowest BCUT2D eigenvalue weighted by Crippen LogP contribution is -2.36. The van der Waals surface area contributed by atoms with Crippen LogP contribution in [0.3, 0.4) is 0 Å². The molecule has 1 aliphatic rings. The number of halogens is 3. The second kappa shape index (κ2) is 4.68. The zero-order chi connectivity index (χ0) is 15.2. The molecule has 1 saturated heterocycles. The van der Waals surface area contributed by atoms with Gasteiger partial charge in [0.05, 0.1) is 6.54 Å². The van der Waals surface area contributed by atoms with Crippen molar-refractivity contribution in [3.8, 4) is 0 Å². The molecule has 0 saturated carbocycles. The third kappa shape index (κ3) is 2.55. The lowest BCUT2D eigenvalue weighted by molar-refractivity contribution is 0.0126. The Bertz CT molecular complexity index is 699. The Morgan fingerprint density at radius 3 is 2.95 bits per heavy atom. The van der Waals surface area contributed by atoms with E-state index in [0.717, 1.165) is 10.3 Å². The standard InChI is InChI=1S/C14H13F3N2O2/c15-9-1-2-11-8(6-18-12(11)4-9)3-10-5-14(16,17)7-19(10)13(20)21/h1-2,4,6,10,18H,3,5,7H2,(H,20,21). The molecule has 2 N–H and O–H groups in total. The number of hydrogen-bond donors (Lipinski definition) is 2. The number of hydrogen-bond acceptors (Lipinski definition) is 1.